The van der Waals surface area contributed by atoms with E-state index in [9.17, 15) is 0 Å². The maximum absolute atomic E-state index is 5.41. The predicted molar refractivity (Wildman–Crippen MR) is 70.1 cm³/mol. The molecule has 0 amide bonds. The van der Waals surface area contributed by atoms with Crippen LogP contribution in [0.5, 0.6) is 0 Å². The van der Waals surface area contributed by atoms with Gasteiger partial charge in [0.05, 0.1) is 12.7 Å². The maximum Gasteiger partial charge on any atom is 0.208 e. The second-order valence-corrected chi connectivity index (χ2v) is 4.33. The summed E-state index contributed by atoms with van der Waals surface area (Å²) in [5.74, 6) is 1.58. The quantitative estimate of drug-likeness (QED) is 0.738. The molecule has 0 fully saturated rings. The maximum atomic E-state index is 5.41. The molecule has 2 heterocycles. The third-order valence-corrected chi connectivity index (χ3v) is 2.94. The van der Waals surface area contributed by atoms with Crippen LogP contribution >= 0.6 is 0 Å². The number of nitrogens with one attached hydrogen (secondary N) is 2. The molecule has 0 radical (unpaired) electrons. The van der Waals surface area contributed by atoms with E-state index in [4.69, 9.17) is 4.42 Å². The zero-order valence-electron chi connectivity index (χ0n) is 10.2. The SMILES string of the molecule is Cc1cnc(CNCc2c[nH]c3ccccc23)o1. The van der Waals surface area contributed by atoms with E-state index in [2.05, 4.69) is 33.5 Å². The summed E-state index contributed by atoms with van der Waals surface area (Å²) in [6.07, 6.45) is 3.78. The van der Waals surface area contributed by atoms with Crippen molar-refractivity contribution in [1.29, 1.82) is 0 Å². The van der Waals surface area contributed by atoms with Crippen molar-refractivity contribution in [2.75, 3.05) is 0 Å². The fraction of sp³-hybridized carbons (Fsp3) is 0.214. The van der Waals surface area contributed by atoms with Crippen molar-refractivity contribution in [3.8, 4) is 0 Å². The van der Waals surface area contributed by atoms with Gasteiger partial charge in [-0.3, -0.25) is 0 Å². The lowest BCUT2D eigenvalue weighted by atomic mass is 10.2. The Labute approximate surface area is 105 Å². The minimum absolute atomic E-state index is 0.646. The Morgan fingerprint density at radius 1 is 1.28 bits per heavy atom. The minimum Gasteiger partial charge on any atom is -0.445 e. The lowest BCUT2D eigenvalue weighted by Gasteiger charge is -2.00. The van der Waals surface area contributed by atoms with Crippen molar-refractivity contribution in [3.63, 3.8) is 0 Å². The predicted octanol–water partition coefficient (Wildman–Crippen LogP) is 2.75. The fourth-order valence-corrected chi connectivity index (χ4v) is 2.07. The van der Waals surface area contributed by atoms with E-state index in [1.807, 2.05) is 19.2 Å². The molecular formula is C14H15N3O. The Kier molecular flexibility index (Phi) is 2.86. The number of aromatic nitrogens is 2. The summed E-state index contributed by atoms with van der Waals surface area (Å²) < 4.78 is 5.41. The number of aromatic amines is 1. The molecule has 0 bridgehead atoms. The van der Waals surface area contributed by atoms with E-state index in [-0.39, 0.29) is 0 Å². The number of fused-ring (bicyclic) bond motifs is 1. The molecule has 0 spiro atoms. The van der Waals surface area contributed by atoms with Crippen LogP contribution in [0.2, 0.25) is 0 Å². The molecule has 1 aromatic carbocycles. The number of hydrogen-bond acceptors (Lipinski definition) is 3. The van der Waals surface area contributed by atoms with E-state index in [0.717, 1.165) is 18.2 Å². The van der Waals surface area contributed by atoms with Crippen molar-refractivity contribution in [1.82, 2.24) is 15.3 Å². The number of hydrogen-bond donors (Lipinski definition) is 2. The van der Waals surface area contributed by atoms with Crippen LogP contribution in [0.3, 0.4) is 0 Å². The summed E-state index contributed by atoms with van der Waals surface area (Å²) in [6, 6.07) is 8.29. The van der Waals surface area contributed by atoms with Crippen molar-refractivity contribution in [2.45, 2.75) is 20.0 Å². The Hall–Kier alpha value is -2.07. The third kappa shape index (κ3) is 2.15. The minimum atomic E-state index is 0.646. The van der Waals surface area contributed by atoms with Gasteiger partial charge in [0.15, 0.2) is 0 Å². The molecule has 0 saturated carbocycles. The van der Waals surface area contributed by atoms with Gasteiger partial charge in [-0.2, -0.15) is 0 Å². The normalized spacial score (nSPS) is 11.2. The molecule has 92 valence electrons. The van der Waals surface area contributed by atoms with Gasteiger partial charge in [0, 0.05) is 23.6 Å². The first-order valence-electron chi connectivity index (χ1n) is 6.00. The molecule has 3 aromatic rings. The molecule has 0 unspecified atom stereocenters. The topological polar surface area (TPSA) is 53.9 Å². The fourth-order valence-electron chi connectivity index (χ4n) is 2.07. The van der Waals surface area contributed by atoms with E-state index in [1.54, 1.807) is 6.20 Å². The number of H-pyrrole nitrogens is 1. The largest absolute Gasteiger partial charge is 0.445 e. The number of oxazole rings is 1. The molecule has 0 aliphatic carbocycles. The van der Waals surface area contributed by atoms with Gasteiger partial charge in [0.1, 0.15) is 5.76 Å². The lowest BCUT2D eigenvalue weighted by molar-refractivity contribution is 0.449. The van der Waals surface area contributed by atoms with Crippen LogP contribution in [0, 0.1) is 6.92 Å². The molecule has 4 heteroatoms. The zero-order valence-corrected chi connectivity index (χ0v) is 10.2. The van der Waals surface area contributed by atoms with Gasteiger partial charge in [-0.15, -0.1) is 0 Å². The van der Waals surface area contributed by atoms with Crippen molar-refractivity contribution >= 4 is 10.9 Å². The van der Waals surface area contributed by atoms with Crippen LogP contribution in [0.1, 0.15) is 17.2 Å². The van der Waals surface area contributed by atoms with Crippen molar-refractivity contribution in [2.24, 2.45) is 0 Å². The van der Waals surface area contributed by atoms with Crippen LogP contribution in [-0.2, 0) is 13.1 Å². The Balaban J connectivity index is 1.66. The summed E-state index contributed by atoms with van der Waals surface area (Å²) in [6.45, 7) is 3.34. The average molecular weight is 241 g/mol. The van der Waals surface area contributed by atoms with Gasteiger partial charge in [-0.1, -0.05) is 18.2 Å². The Morgan fingerprint density at radius 3 is 3.00 bits per heavy atom. The monoisotopic (exact) mass is 241 g/mol. The van der Waals surface area contributed by atoms with Crippen LogP contribution in [0.25, 0.3) is 10.9 Å². The van der Waals surface area contributed by atoms with E-state index in [1.165, 1.54) is 16.5 Å². The smallest absolute Gasteiger partial charge is 0.208 e. The van der Waals surface area contributed by atoms with Gasteiger partial charge in [0.2, 0.25) is 5.89 Å². The lowest BCUT2D eigenvalue weighted by Crippen LogP contribution is -2.12. The number of nitrogens with zero attached hydrogens (tertiary/aromatic N) is 1. The van der Waals surface area contributed by atoms with Crippen LogP contribution in [0.4, 0.5) is 0 Å². The van der Waals surface area contributed by atoms with Crippen LogP contribution in [0.15, 0.2) is 41.1 Å². The molecule has 0 atom stereocenters. The molecule has 0 saturated heterocycles. The highest BCUT2D eigenvalue weighted by molar-refractivity contribution is 5.82. The molecule has 3 rings (SSSR count). The van der Waals surface area contributed by atoms with E-state index >= 15 is 0 Å². The average Bonchev–Trinajstić information content (AvgIpc) is 2.97. The summed E-state index contributed by atoms with van der Waals surface area (Å²) >= 11 is 0. The summed E-state index contributed by atoms with van der Waals surface area (Å²) in [4.78, 5) is 7.42. The molecular weight excluding hydrogens is 226 g/mol. The third-order valence-electron chi connectivity index (χ3n) is 2.94. The van der Waals surface area contributed by atoms with Gasteiger partial charge < -0.3 is 14.7 Å². The second kappa shape index (κ2) is 4.66. The first-order valence-corrected chi connectivity index (χ1v) is 6.00. The number of aryl methyl sites for hydroxylation is 1. The van der Waals surface area contributed by atoms with Gasteiger partial charge in [-0.05, 0) is 18.6 Å². The van der Waals surface area contributed by atoms with Gasteiger partial charge >= 0.3 is 0 Å². The van der Waals surface area contributed by atoms with Gasteiger partial charge in [0.25, 0.3) is 0 Å². The Bertz CT molecular complexity index is 654. The highest BCUT2D eigenvalue weighted by Crippen LogP contribution is 2.17. The summed E-state index contributed by atoms with van der Waals surface area (Å²) in [7, 11) is 0. The number of rotatable bonds is 4. The second-order valence-electron chi connectivity index (χ2n) is 4.33. The first-order chi connectivity index (χ1) is 8.83. The highest BCUT2D eigenvalue weighted by Gasteiger charge is 2.03. The molecule has 0 aliphatic rings. The first kappa shape index (κ1) is 11.0. The summed E-state index contributed by atoms with van der Waals surface area (Å²) in [5.41, 5.74) is 2.43. The number of benzene rings is 1. The molecule has 0 aliphatic heterocycles. The molecule has 4 nitrogen and oxygen atoms in total. The molecule has 2 N–H and O–H groups in total. The van der Waals surface area contributed by atoms with Crippen molar-refractivity contribution < 1.29 is 4.42 Å². The van der Waals surface area contributed by atoms with Crippen LogP contribution in [-0.4, -0.2) is 9.97 Å². The standard InChI is InChI=1S/C14H15N3O/c1-10-6-17-14(18-10)9-15-7-11-8-16-13-5-3-2-4-12(11)13/h2-6,8,15-16H,7,9H2,1H3. The highest BCUT2D eigenvalue weighted by atomic mass is 16.4. The molecule has 18 heavy (non-hydrogen) atoms. The summed E-state index contributed by atoms with van der Waals surface area (Å²) in [5, 5.41) is 4.59. The van der Waals surface area contributed by atoms with Crippen molar-refractivity contribution in [3.05, 3.63) is 53.9 Å². The van der Waals surface area contributed by atoms with Gasteiger partial charge in [-0.25, -0.2) is 4.98 Å². The zero-order chi connectivity index (χ0) is 12.4. The van der Waals surface area contributed by atoms with Crippen LogP contribution < -0.4 is 5.32 Å². The van der Waals surface area contributed by atoms with E-state index < -0.39 is 0 Å². The van der Waals surface area contributed by atoms with E-state index in [0.29, 0.717) is 6.54 Å². The Morgan fingerprint density at radius 2 is 2.17 bits per heavy atom. The number of para-hydroxylation sites is 1. The molecule has 2 aromatic heterocycles.